The molecule has 8 aromatic carbocycles. The molecule has 728 valence electrons. The van der Waals surface area contributed by atoms with Crippen molar-refractivity contribution in [2.24, 2.45) is 0 Å². The number of carbonyl (C=O) groups excluding carboxylic acids is 4. The molecule has 0 aliphatic heterocycles. The van der Waals surface area contributed by atoms with Crippen molar-refractivity contribution < 1.29 is 71.8 Å². The summed E-state index contributed by atoms with van der Waals surface area (Å²) in [6, 6.07) is 51.6. The highest BCUT2D eigenvalue weighted by atomic mass is 32.2. The van der Waals surface area contributed by atoms with Gasteiger partial charge >= 0.3 is 0 Å². The summed E-state index contributed by atoms with van der Waals surface area (Å²) in [7, 11) is -8.84. The molecule has 4 aliphatic rings. The number of nitriles is 4. The highest BCUT2D eigenvalue weighted by Crippen LogP contribution is 2.47. The number of amides is 2. The summed E-state index contributed by atoms with van der Waals surface area (Å²) >= 11 is 5.64. The average Bonchev–Trinajstić information content (AvgIpc) is 1.64. The normalized spacial score (nSPS) is 15.1. The molecule has 0 fully saturated rings. The van der Waals surface area contributed by atoms with Crippen molar-refractivity contribution in [2.75, 3.05) is 51.2 Å². The molecule has 4 aromatic heterocycles. The van der Waals surface area contributed by atoms with E-state index in [9.17, 15) is 73.9 Å². The summed E-state index contributed by atoms with van der Waals surface area (Å²) in [5, 5.41) is 78.6. The minimum Gasteiger partial charge on any atom is -0.490 e. The van der Waals surface area contributed by atoms with Crippen LogP contribution >= 0.6 is 45.3 Å². The van der Waals surface area contributed by atoms with Gasteiger partial charge in [0.25, 0.3) is 0 Å². The summed E-state index contributed by atoms with van der Waals surface area (Å²) in [4.78, 5) is 48.9. The zero-order valence-electron chi connectivity index (χ0n) is 79.0. The molecule has 0 saturated heterocycles. The van der Waals surface area contributed by atoms with Gasteiger partial charge in [0, 0.05) is 96.9 Å². The van der Waals surface area contributed by atoms with Crippen LogP contribution < -0.4 is 37.8 Å². The van der Waals surface area contributed by atoms with Crippen molar-refractivity contribution in [2.45, 2.75) is 169 Å². The Bertz CT molecular complexity index is 6960. The number of benzene rings is 8. The maximum atomic E-state index is 12.6. The molecular formula is C98H102N18O16S8. The van der Waals surface area contributed by atoms with Gasteiger partial charge in [-0.3, -0.25) is 19.2 Å². The third kappa shape index (κ3) is 26.2. The van der Waals surface area contributed by atoms with Crippen LogP contribution in [0, 0.1) is 45.3 Å². The standard InChI is InChI=1S/2C25H27N5O4S2.2C24H24N4O4S2/c2*1-15(2)34-22-11-8-16(12-17(22)13-26)24-27-28-25(35-24)20-7-5-6-19-18(20)9-10-21(19)29-36(32,33)14-23(31)30(3)4;2*1-14(2)32-22-10-7-16(11-17(22)12-25)23-26-27-24(33-23)20-6-4-5-19-18(20)8-9-21(19)28-34(30,31)13-15(3)29/h2*5-8,11-12,15,21,29H,9-10,14H2,1-4H3;2*4-7,10-11,14,21,28H,8-9,13H2,1-3H3/t4*21-/m1011/s1. The molecule has 4 aliphatic carbocycles. The van der Waals surface area contributed by atoms with Crippen molar-refractivity contribution in [3.05, 3.63) is 212 Å². The van der Waals surface area contributed by atoms with E-state index in [4.69, 9.17) is 18.9 Å². The van der Waals surface area contributed by atoms with E-state index in [0.717, 1.165) is 99.0 Å². The fourth-order valence-corrected chi connectivity index (χ4v) is 25.1. The lowest BCUT2D eigenvalue weighted by Gasteiger charge is -2.16. The summed E-state index contributed by atoms with van der Waals surface area (Å²) in [6.45, 7) is 17.8. The molecule has 4 N–H and O–H groups in total. The number of fused-ring (bicyclic) bond motifs is 4. The second kappa shape index (κ2) is 45.1. The maximum Gasteiger partial charge on any atom is 0.238 e. The van der Waals surface area contributed by atoms with Crippen LogP contribution in [0.2, 0.25) is 0 Å². The number of nitrogens with zero attached hydrogens (tertiary/aromatic N) is 14. The van der Waals surface area contributed by atoms with Gasteiger partial charge in [0.1, 0.15) is 122 Å². The van der Waals surface area contributed by atoms with Crippen molar-refractivity contribution in [3.8, 4) is 132 Å². The highest BCUT2D eigenvalue weighted by molar-refractivity contribution is 7.91. The molecule has 0 spiro atoms. The number of nitrogens with one attached hydrogen (secondary N) is 4. The Kier molecular flexibility index (Phi) is 33.7. The van der Waals surface area contributed by atoms with Crippen molar-refractivity contribution in [1.82, 2.24) is 69.5 Å². The van der Waals surface area contributed by atoms with E-state index in [-0.39, 0.29) is 36.5 Å². The lowest BCUT2D eigenvalue weighted by molar-refractivity contribution is -0.126. The number of sulfonamides is 4. The number of hydrogen-bond donors (Lipinski definition) is 4. The molecule has 0 saturated carbocycles. The smallest absolute Gasteiger partial charge is 0.238 e. The zero-order chi connectivity index (χ0) is 101. The first-order valence-electron chi connectivity index (χ1n) is 44.6. The second-order valence-electron chi connectivity index (χ2n) is 35.0. The maximum absolute atomic E-state index is 12.6. The lowest BCUT2D eigenvalue weighted by atomic mass is 10.0. The topological polar surface area (TPSA) is 495 Å². The minimum absolute atomic E-state index is 0.0398. The van der Waals surface area contributed by atoms with Crippen LogP contribution in [0.5, 0.6) is 23.0 Å². The van der Waals surface area contributed by atoms with Crippen LogP contribution in [-0.4, -0.2) is 183 Å². The summed E-state index contributed by atoms with van der Waals surface area (Å²) in [5.41, 5.74) is 16.1. The highest BCUT2D eigenvalue weighted by Gasteiger charge is 2.36. The monoisotopic (exact) mass is 2040 g/mol. The van der Waals surface area contributed by atoms with Gasteiger partial charge in [-0.1, -0.05) is 118 Å². The molecule has 0 unspecified atom stereocenters. The number of rotatable bonds is 32. The molecule has 140 heavy (non-hydrogen) atoms. The minimum atomic E-state index is -3.78. The number of carbonyl (C=O) groups is 4. The Morgan fingerprint density at radius 3 is 0.736 bits per heavy atom. The van der Waals surface area contributed by atoms with Crippen molar-refractivity contribution in [3.63, 3.8) is 0 Å². The number of Topliss-reactive ketones (excluding diaryl/α,β-unsaturated/α-hetero) is 2. The van der Waals surface area contributed by atoms with E-state index in [0.29, 0.717) is 127 Å². The number of hydrogen-bond acceptors (Lipinski definition) is 32. The third-order valence-corrected chi connectivity index (χ3v) is 31.7. The molecule has 34 nitrogen and oxygen atoms in total. The first-order valence-corrected chi connectivity index (χ1v) is 54.4. The summed E-state index contributed by atoms with van der Waals surface area (Å²) in [6.07, 6.45) is 4.97. The average molecular weight is 2040 g/mol. The van der Waals surface area contributed by atoms with Crippen LogP contribution in [0.25, 0.3) is 84.6 Å². The Morgan fingerprint density at radius 1 is 0.336 bits per heavy atom. The van der Waals surface area contributed by atoms with Crippen LogP contribution in [0.4, 0.5) is 0 Å². The van der Waals surface area contributed by atoms with Gasteiger partial charge in [-0.2, -0.15) is 21.0 Å². The molecule has 0 bridgehead atoms. The third-order valence-electron chi connectivity index (χ3n) is 22.2. The van der Waals surface area contributed by atoms with E-state index in [1.807, 2.05) is 152 Å². The molecule has 4 atom stereocenters. The predicted octanol–water partition coefficient (Wildman–Crippen LogP) is 15.1. The lowest BCUT2D eigenvalue weighted by Crippen LogP contribution is -2.37. The Hall–Kier alpha value is -12.9. The first-order chi connectivity index (χ1) is 66.5. The Morgan fingerprint density at radius 2 is 0.543 bits per heavy atom. The van der Waals surface area contributed by atoms with E-state index in [1.165, 1.54) is 97.2 Å². The van der Waals surface area contributed by atoms with E-state index in [2.05, 4.69) is 84.0 Å². The predicted molar refractivity (Wildman–Crippen MR) is 536 cm³/mol. The number of ether oxygens (including phenoxy) is 4. The SMILES string of the molecule is CC(=O)CS(=O)(=O)N[C@@H]1CCc2c(-c3nnc(-c4ccc(OC(C)C)c(C#N)c4)s3)cccc21.CC(=O)CS(=O)(=O)N[C@@H]1CCc2c(-c3nnc(-c4ccc(OC(C)C)c(C#N)c4)s3)cccc21.CC(C)Oc1ccc(-c2nnc(-c3cccc4c3CC[C@@H]4NS(=O)(=O)CC(=O)N(C)C)s2)cc1C#N.CC(C)Oc1ccc(-c2nnc(-c3cccc4c3CC[C@H]4NS(=O)(=O)CC(=O)N(C)C)s2)cc1C#N. The van der Waals surface area contributed by atoms with E-state index < -0.39 is 98.6 Å². The molecular weight excluding hydrogens is 1940 g/mol. The van der Waals surface area contributed by atoms with Crippen LogP contribution in [-0.2, 0) is 85.0 Å². The van der Waals surface area contributed by atoms with Crippen LogP contribution in [0.1, 0.15) is 186 Å². The van der Waals surface area contributed by atoms with Gasteiger partial charge in [-0.15, -0.1) is 40.8 Å². The number of aromatic nitrogens is 8. The van der Waals surface area contributed by atoms with Crippen molar-refractivity contribution >= 4 is 109 Å². The van der Waals surface area contributed by atoms with E-state index in [1.54, 1.807) is 48.5 Å². The van der Waals surface area contributed by atoms with Gasteiger partial charge < -0.3 is 28.7 Å². The molecule has 42 heteroatoms. The van der Waals surface area contributed by atoms with Gasteiger partial charge in [0.05, 0.1) is 46.7 Å². The largest absolute Gasteiger partial charge is 0.490 e. The van der Waals surface area contributed by atoms with Gasteiger partial charge in [-0.05, 0) is 238 Å². The molecule has 16 rings (SSSR count). The number of ketones is 2. The summed E-state index contributed by atoms with van der Waals surface area (Å²) in [5.74, 6) is -1.84. The quantitative estimate of drug-likeness (QED) is 0.0304. The molecule has 4 heterocycles. The van der Waals surface area contributed by atoms with Crippen LogP contribution in [0.15, 0.2) is 146 Å². The Labute approximate surface area is 829 Å². The molecule has 0 radical (unpaired) electrons. The Balaban J connectivity index is 0.000000157. The van der Waals surface area contributed by atoms with Gasteiger partial charge in [0.15, 0.2) is 0 Å². The fraction of sp³-hybridized carbons (Fsp3) is 0.347. The first kappa shape index (κ1) is 104. The van der Waals surface area contributed by atoms with E-state index >= 15 is 0 Å². The van der Waals surface area contributed by atoms with Gasteiger partial charge in [-0.25, -0.2) is 52.6 Å². The zero-order valence-corrected chi connectivity index (χ0v) is 85.6. The fourth-order valence-electron chi connectivity index (χ4n) is 16.3. The molecule has 2 amide bonds. The second-order valence-corrected chi connectivity index (χ2v) is 45.9. The summed E-state index contributed by atoms with van der Waals surface area (Å²) < 4.78 is 133. The van der Waals surface area contributed by atoms with Crippen LogP contribution in [0.3, 0.4) is 0 Å². The van der Waals surface area contributed by atoms with Crippen molar-refractivity contribution in [1.29, 1.82) is 21.0 Å². The van der Waals surface area contributed by atoms with Gasteiger partial charge in [0.2, 0.25) is 51.9 Å². The molecule has 12 aromatic rings.